The van der Waals surface area contributed by atoms with E-state index >= 15 is 0 Å². The summed E-state index contributed by atoms with van der Waals surface area (Å²) in [5.41, 5.74) is 0.369. The molecule has 0 aromatic carbocycles. The fraction of sp³-hybridized carbons (Fsp3) is 0.333. The minimum Gasteiger partial charge on any atom is -0.370 e. The molecule has 0 unspecified atom stereocenters. The van der Waals surface area contributed by atoms with Crippen LogP contribution < -0.4 is 10.6 Å². The molecular weight excluding hydrogens is 280 g/mol. The summed E-state index contributed by atoms with van der Waals surface area (Å²) in [6.45, 7) is 2.91. The van der Waals surface area contributed by atoms with Crippen LogP contribution in [0.4, 0.5) is 5.82 Å². The van der Waals surface area contributed by atoms with Gasteiger partial charge in [0.15, 0.2) is 5.82 Å². The molecule has 2 rings (SSSR count). The molecule has 2 N–H and O–H groups in total. The van der Waals surface area contributed by atoms with Crippen molar-refractivity contribution in [1.82, 2.24) is 25.1 Å². The third kappa shape index (κ3) is 3.45. The lowest BCUT2D eigenvalue weighted by Crippen LogP contribution is -2.24. The van der Waals surface area contributed by atoms with Crippen molar-refractivity contribution in [2.45, 2.75) is 13.5 Å². The summed E-state index contributed by atoms with van der Waals surface area (Å²) in [7, 11) is 1.76. The third-order valence-electron chi connectivity index (χ3n) is 2.51. The van der Waals surface area contributed by atoms with E-state index in [0.717, 1.165) is 0 Å². The van der Waals surface area contributed by atoms with Crippen LogP contribution in [0.3, 0.4) is 0 Å². The topological polar surface area (TPSA) is 84.7 Å². The smallest absolute Gasteiger partial charge is 0.253 e. The molecule has 106 valence electrons. The maximum absolute atomic E-state index is 12.1. The third-order valence-corrected chi connectivity index (χ3v) is 2.81. The first-order chi connectivity index (χ1) is 9.60. The van der Waals surface area contributed by atoms with Crippen molar-refractivity contribution in [2.24, 2.45) is 7.05 Å². The highest BCUT2D eigenvalue weighted by Crippen LogP contribution is 2.17. The second-order valence-corrected chi connectivity index (χ2v) is 4.50. The van der Waals surface area contributed by atoms with E-state index in [9.17, 15) is 4.79 Å². The number of nitrogens with zero attached hydrogens (tertiary/aromatic N) is 4. The minimum atomic E-state index is -0.288. The van der Waals surface area contributed by atoms with Crippen LogP contribution in [0.1, 0.15) is 23.1 Å². The van der Waals surface area contributed by atoms with Gasteiger partial charge < -0.3 is 10.6 Å². The summed E-state index contributed by atoms with van der Waals surface area (Å²) >= 11 is 5.99. The molecule has 0 bridgehead atoms. The molecule has 0 aliphatic carbocycles. The van der Waals surface area contributed by atoms with E-state index in [4.69, 9.17) is 11.6 Å². The number of hydrogen-bond acceptors (Lipinski definition) is 5. The van der Waals surface area contributed by atoms with Crippen molar-refractivity contribution in [3.05, 3.63) is 35.0 Å². The molecule has 0 fully saturated rings. The molecule has 2 aromatic rings. The molecule has 7 nitrogen and oxygen atoms in total. The highest BCUT2D eigenvalue weighted by atomic mass is 35.5. The number of anilines is 1. The molecule has 0 saturated carbocycles. The molecule has 1 amide bonds. The number of carbonyl (C=O) groups is 1. The van der Waals surface area contributed by atoms with Crippen molar-refractivity contribution < 1.29 is 4.79 Å². The Bertz CT molecular complexity index is 612. The van der Waals surface area contributed by atoms with Crippen molar-refractivity contribution in [3.63, 3.8) is 0 Å². The molecule has 0 atom stereocenters. The Balaban J connectivity index is 2.06. The molecule has 2 heterocycles. The van der Waals surface area contributed by atoms with E-state index in [-0.39, 0.29) is 12.5 Å². The number of halogens is 1. The number of carbonyl (C=O) groups excluding carboxylic acids is 1. The van der Waals surface area contributed by atoms with Crippen LogP contribution in [-0.2, 0) is 13.6 Å². The Morgan fingerprint density at radius 3 is 2.90 bits per heavy atom. The summed E-state index contributed by atoms with van der Waals surface area (Å²) in [6, 6.07) is 1.62. The van der Waals surface area contributed by atoms with Crippen LogP contribution in [0.2, 0.25) is 5.02 Å². The lowest BCUT2D eigenvalue weighted by molar-refractivity contribution is 0.0950. The van der Waals surface area contributed by atoms with Crippen molar-refractivity contribution in [3.8, 4) is 0 Å². The first-order valence-electron chi connectivity index (χ1n) is 6.12. The Kier molecular flexibility index (Phi) is 4.52. The van der Waals surface area contributed by atoms with Crippen molar-refractivity contribution in [1.29, 1.82) is 0 Å². The molecule has 0 aliphatic rings. The summed E-state index contributed by atoms with van der Waals surface area (Å²) in [6.07, 6.45) is 3.03. The minimum absolute atomic E-state index is 0.245. The molecular formula is C12H15ClN6O. The number of amides is 1. The van der Waals surface area contributed by atoms with Gasteiger partial charge in [0.25, 0.3) is 5.91 Å². The van der Waals surface area contributed by atoms with Gasteiger partial charge in [0.05, 0.1) is 17.1 Å². The largest absolute Gasteiger partial charge is 0.370 e. The maximum Gasteiger partial charge on any atom is 0.253 e. The van der Waals surface area contributed by atoms with Gasteiger partial charge in [0, 0.05) is 19.8 Å². The maximum atomic E-state index is 12.1. The average Bonchev–Trinajstić information content (AvgIpc) is 2.84. The van der Waals surface area contributed by atoms with Gasteiger partial charge in [-0.3, -0.25) is 9.48 Å². The zero-order chi connectivity index (χ0) is 14.5. The number of pyridine rings is 1. The second-order valence-electron chi connectivity index (χ2n) is 4.10. The van der Waals surface area contributed by atoms with Gasteiger partial charge in [-0.25, -0.2) is 9.97 Å². The summed E-state index contributed by atoms with van der Waals surface area (Å²) in [5, 5.41) is 10.1. The predicted octanol–water partition coefficient (Wildman–Crippen LogP) is 1.23. The van der Waals surface area contributed by atoms with Gasteiger partial charge in [-0.2, -0.15) is 5.10 Å². The van der Waals surface area contributed by atoms with Crippen LogP contribution in [-0.4, -0.2) is 32.2 Å². The number of nitrogens with one attached hydrogen (secondary N) is 2. The molecule has 0 radical (unpaired) electrons. The van der Waals surface area contributed by atoms with E-state index < -0.39 is 0 Å². The molecule has 0 aliphatic heterocycles. The van der Waals surface area contributed by atoms with E-state index in [1.807, 2.05) is 6.92 Å². The summed E-state index contributed by atoms with van der Waals surface area (Å²) < 4.78 is 1.57. The Morgan fingerprint density at radius 2 is 2.25 bits per heavy atom. The van der Waals surface area contributed by atoms with Gasteiger partial charge in [0.1, 0.15) is 12.1 Å². The zero-order valence-corrected chi connectivity index (χ0v) is 12.0. The first-order valence-corrected chi connectivity index (χ1v) is 6.50. The average molecular weight is 295 g/mol. The van der Waals surface area contributed by atoms with Crippen LogP contribution in [0.15, 0.2) is 18.6 Å². The van der Waals surface area contributed by atoms with E-state index in [0.29, 0.717) is 28.8 Å². The first kappa shape index (κ1) is 14.3. The number of hydrogen-bond donors (Lipinski definition) is 2. The predicted molar refractivity (Wildman–Crippen MR) is 75.6 cm³/mol. The van der Waals surface area contributed by atoms with E-state index in [1.165, 1.54) is 6.20 Å². The van der Waals surface area contributed by atoms with Crippen LogP contribution >= 0.6 is 11.6 Å². The number of aromatic nitrogens is 4. The SMILES string of the molecule is CCNc1cc(C(=O)NCc2ncn(C)n2)c(Cl)cn1. The van der Waals surface area contributed by atoms with Crippen LogP contribution in [0.25, 0.3) is 0 Å². The highest BCUT2D eigenvalue weighted by molar-refractivity contribution is 6.33. The molecule has 2 aromatic heterocycles. The normalized spacial score (nSPS) is 10.3. The zero-order valence-electron chi connectivity index (χ0n) is 11.2. The van der Waals surface area contributed by atoms with Gasteiger partial charge in [-0.15, -0.1) is 0 Å². The lowest BCUT2D eigenvalue weighted by atomic mass is 10.2. The lowest BCUT2D eigenvalue weighted by Gasteiger charge is -2.07. The Labute approximate surface area is 121 Å². The Morgan fingerprint density at radius 1 is 1.45 bits per heavy atom. The van der Waals surface area contributed by atoms with Gasteiger partial charge in [-0.1, -0.05) is 11.6 Å². The van der Waals surface area contributed by atoms with Crippen molar-refractivity contribution >= 4 is 23.3 Å². The van der Waals surface area contributed by atoms with Crippen molar-refractivity contribution in [2.75, 3.05) is 11.9 Å². The van der Waals surface area contributed by atoms with Gasteiger partial charge >= 0.3 is 0 Å². The van der Waals surface area contributed by atoms with E-state index in [1.54, 1.807) is 24.1 Å². The molecule has 0 saturated heterocycles. The highest BCUT2D eigenvalue weighted by Gasteiger charge is 2.12. The molecule has 0 spiro atoms. The Hall–Kier alpha value is -2.15. The standard InChI is InChI=1S/C12H15ClN6O/c1-3-14-10-4-8(9(13)5-15-10)12(20)16-6-11-17-7-19(2)18-11/h4-5,7H,3,6H2,1-2H3,(H,14,15)(H,16,20). The summed E-state index contributed by atoms with van der Waals surface area (Å²) in [5.74, 6) is 0.861. The monoisotopic (exact) mass is 294 g/mol. The fourth-order valence-corrected chi connectivity index (χ4v) is 1.80. The van der Waals surface area contributed by atoms with Crippen LogP contribution in [0.5, 0.6) is 0 Å². The van der Waals surface area contributed by atoms with Crippen LogP contribution in [0, 0.1) is 0 Å². The molecule has 20 heavy (non-hydrogen) atoms. The van der Waals surface area contributed by atoms with Gasteiger partial charge in [-0.05, 0) is 13.0 Å². The number of aryl methyl sites for hydroxylation is 1. The summed E-state index contributed by atoms with van der Waals surface area (Å²) in [4.78, 5) is 20.2. The van der Waals surface area contributed by atoms with Gasteiger partial charge in [0.2, 0.25) is 0 Å². The van der Waals surface area contributed by atoms with E-state index in [2.05, 4.69) is 25.7 Å². The quantitative estimate of drug-likeness (QED) is 0.866. The molecule has 8 heteroatoms. The fourth-order valence-electron chi connectivity index (χ4n) is 1.61. The second kappa shape index (κ2) is 6.33. The number of rotatable bonds is 5.